The van der Waals surface area contributed by atoms with Gasteiger partial charge in [-0.3, -0.25) is 0 Å². The van der Waals surface area contributed by atoms with Crippen molar-refractivity contribution in [3.05, 3.63) is 0 Å². The Balaban J connectivity index is 2.21. The van der Waals surface area contributed by atoms with Crippen LogP contribution in [0.2, 0.25) is 12.6 Å². The summed E-state index contributed by atoms with van der Waals surface area (Å²) in [6, 6.07) is 0. The van der Waals surface area contributed by atoms with Crippen molar-refractivity contribution in [2.75, 3.05) is 0 Å². The molecule has 1 fully saturated rings. The normalized spacial score (nSPS) is 20.4. The van der Waals surface area contributed by atoms with Gasteiger partial charge in [-0.2, -0.15) is 0 Å². The summed E-state index contributed by atoms with van der Waals surface area (Å²) in [5.41, 5.74) is 0. The predicted molar refractivity (Wildman–Crippen MR) is 29.7 cm³/mol. The zero-order valence-corrected chi connectivity index (χ0v) is 4.56. The van der Waals surface area contributed by atoms with Gasteiger partial charge in [-0.1, -0.05) is 31.7 Å². The van der Waals surface area contributed by atoms with Gasteiger partial charge in [0.25, 0.3) is 0 Å². The van der Waals surface area contributed by atoms with E-state index in [-0.39, 0.29) is 0 Å². The van der Waals surface area contributed by atoms with Gasteiger partial charge in [0.05, 0.1) is 0 Å². The van der Waals surface area contributed by atoms with E-state index in [0.717, 1.165) is 6.43 Å². The van der Waals surface area contributed by atoms with E-state index in [0.29, 0.717) is 0 Å². The molecule has 1 heterocycles. The minimum atomic E-state index is 0.921. The van der Waals surface area contributed by atoms with Gasteiger partial charge in [0.1, 0.15) is 0 Å². The van der Waals surface area contributed by atoms with E-state index in [1.165, 1.54) is 19.9 Å². The highest BCUT2D eigenvalue weighted by atomic mass is 32.4. The zero-order chi connectivity index (χ0) is 3.70. The molecule has 0 aromatic carbocycles. The lowest BCUT2D eigenvalue weighted by atomic mass is 10.1. The van der Waals surface area contributed by atoms with Gasteiger partial charge < -0.3 is 0 Å². The summed E-state index contributed by atoms with van der Waals surface area (Å²) in [6.07, 6.45) is 3.71. The molecule has 0 amide bonds. The highest BCUT2D eigenvalue weighted by Crippen LogP contribution is 2.30. The largest absolute Gasteiger partial charge is 0.216 e. The van der Waals surface area contributed by atoms with E-state index in [2.05, 4.69) is 0 Å². The molecule has 0 aromatic heterocycles. The maximum atomic E-state index is 4.71. The molecule has 0 bridgehead atoms. The second-order valence-corrected chi connectivity index (χ2v) is 2.91. The number of hydrogen-bond donors (Lipinski definition) is 0. The van der Waals surface area contributed by atoms with E-state index in [1.54, 1.807) is 0 Å². The van der Waals surface area contributed by atoms with Crippen molar-refractivity contribution in [2.45, 2.75) is 12.6 Å². The SMILES string of the molecule is S=PB1CC1. The van der Waals surface area contributed by atoms with Crippen molar-refractivity contribution < 1.29 is 0 Å². The van der Waals surface area contributed by atoms with Crippen LogP contribution in [0.5, 0.6) is 0 Å². The molecule has 0 aromatic rings. The molecule has 1 rings (SSSR count). The lowest BCUT2D eigenvalue weighted by molar-refractivity contribution is 1.69. The smallest absolute Gasteiger partial charge is 0.0773 e. The van der Waals surface area contributed by atoms with E-state index in [4.69, 9.17) is 11.8 Å². The summed E-state index contributed by atoms with van der Waals surface area (Å²) in [7, 11) is 1.19. The van der Waals surface area contributed by atoms with Crippen LogP contribution in [-0.4, -0.2) is 6.43 Å². The molecule has 1 aliphatic rings. The molecule has 0 spiro atoms. The van der Waals surface area contributed by atoms with Gasteiger partial charge in [-0.25, -0.2) is 0 Å². The Labute approximate surface area is 38.8 Å². The van der Waals surface area contributed by atoms with Gasteiger partial charge in [0.2, 0.25) is 6.43 Å². The first-order chi connectivity index (χ1) is 2.43. The van der Waals surface area contributed by atoms with Gasteiger partial charge in [-0.15, -0.1) is 0 Å². The fourth-order valence-electron chi connectivity index (χ4n) is 0.180. The summed E-state index contributed by atoms with van der Waals surface area (Å²) < 4.78 is 0. The zero-order valence-electron chi connectivity index (χ0n) is 2.85. The van der Waals surface area contributed by atoms with Gasteiger partial charge in [-0.05, 0) is 0 Å². The van der Waals surface area contributed by atoms with Gasteiger partial charge in [0.15, 0.2) is 0 Å². The third-order valence-corrected chi connectivity index (χ3v) is 2.40. The maximum absolute atomic E-state index is 4.71. The summed E-state index contributed by atoms with van der Waals surface area (Å²) in [5.74, 6) is 0. The van der Waals surface area contributed by atoms with Crippen molar-refractivity contribution in [1.82, 2.24) is 0 Å². The van der Waals surface area contributed by atoms with Gasteiger partial charge >= 0.3 is 0 Å². The van der Waals surface area contributed by atoms with E-state index < -0.39 is 0 Å². The first-order valence-electron chi connectivity index (χ1n) is 1.76. The first-order valence-corrected chi connectivity index (χ1v) is 3.73. The third kappa shape index (κ3) is 0.982. The molecule has 0 saturated carbocycles. The molecule has 0 radical (unpaired) electrons. The molecule has 0 unspecified atom stereocenters. The van der Waals surface area contributed by atoms with Crippen molar-refractivity contribution >= 4 is 25.5 Å². The molecular weight excluding hydrogens is 97.9 g/mol. The second kappa shape index (κ2) is 1.36. The molecule has 1 saturated heterocycles. The molecule has 3 heteroatoms. The summed E-state index contributed by atoms with van der Waals surface area (Å²) >= 11 is 4.71. The van der Waals surface area contributed by atoms with Crippen LogP contribution >= 0.6 is 7.23 Å². The van der Waals surface area contributed by atoms with Crippen molar-refractivity contribution in [3.8, 4) is 0 Å². The Morgan fingerprint density at radius 1 is 1.60 bits per heavy atom. The molecule has 5 heavy (non-hydrogen) atoms. The van der Waals surface area contributed by atoms with Crippen LogP contribution in [0.3, 0.4) is 0 Å². The number of rotatable bonds is 1. The van der Waals surface area contributed by atoms with E-state index >= 15 is 0 Å². The van der Waals surface area contributed by atoms with Crippen LogP contribution in [0.1, 0.15) is 0 Å². The number of hydrogen-bond acceptors (Lipinski definition) is 1. The molecular formula is C2H4BPS. The van der Waals surface area contributed by atoms with E-state index in [9.17, 15) is 0 Å². The fraction of sp³-hybridized carbons (Fsp3) is 1.00. The van der Waals surface area contributed by atoms with Crippen LogP contribution in [-0.2, 0) is 11.8 Å². The lowest BCUT2D eigenvalue weighted by Crippen LogP contribution is -1.57. The lowest BCUT2D eigenvalue weighted by Gasteiger charge is -1.52. The molecule has 0 atom stereocenters. The molecule has 0 aliphatic carbocycles. The first kappa shape index (κ1) is 3.76. The highest BCUT2D eigenvalue weighted by molar-refractivity contribution is 8.11. The highest BCUT2D eigenvalue weighted by Gasteiger charge is 2.23. The van der Waals surface area contributed by atoms with Crippen molar-refractivity contribution in [2.24, 2.45) is 0 Å². The Kier molecular flexibility index (Phi) is 1.02. The van der Waals surface area contributed by atoms with Crippen LogP contribution in [0.15, 0.2) is 0 Å². The summed E-state index contributed by atoms with van der Waals surface area (Å²) in [5, 5.41) is 0. The van der Waals surface area contributed by atoms with Crippen LogP contribution < -0.4 is 0 Å². The predicted octanol–water partition coefficient (Wildman–Crippen LogP) is 1.40. The van der Waals surface area contributed by atoms with Crippen molar-refractivity contribution in [1.29, 1.82) is 0 Å². The quantitative estimate of drug-likeness (QED) is 0.356. The summed E-state index contributed by atoms with van der Waals surface area (Å²) in [4.78, 5) is 0. The maximum Gasteiger partial charge on any atom is 0.216 e. The average molecular weight is 102 g/mol. The monoisotopic (exact) mass is 102 g/mol. The fourth-order valence-corrected chi connectivity index (χ4v) is 1.17. The molecule has 0 nitrogen and oxygen atoms in total. The van der Waals surface area contributed by atoms with Crippen LogP contribution in [0.4, 0.5) is 0 Å². The van der Waals surface area contributed by atoms with Crippen LogP contribution in [0, 0.1) is 0 Å². The molecule has 1 aliphatic heterocycles. The standard InChI is InChI=1S/C2H4BPS/c5-4-3-1-2-3/h1-2H2. The summed E-state index contributed by atoms with van der Waals surface area (Å²) in [6.45, 7) is 0. The van der Waals surface area contributed by atoms with Crippen LogP contribution in [0.25, 0.3) is 0 Å². The van der Waals surface area contributed by atoms with Crippen molar-refractivity contribution in [3.63, 3.8) is 0 Å². The topological polar surface area (TPSA) is 0 Å². The Morgan fingerprint density at radius 3 is 2.20 bits per heavy atom. The average Bonchev–Trinajstić information content (AvgIpc) is 2.12. The van der Waals surface area contributed by atoms with E-state index in [1.807, 2.05) is 0 Å². The minimum Gasteiger partial charge on any atom is -0.0773 e. The Hall–Kier alpha value is 0.585. The third-order valence-electron chi connectivity index (χ3n) is 0.696. The molecule has 26 valence electrons. The minimum absolute atomic E-state index is 0.921. The Bertz CT molecular complexity index is 51.6. The Morgan fingerprint density at radius 2 is 2.20 bits per heavy atom. The van der Waals surface area contributed by atoms with Gasteiger partial charge in [0, 0.05) is 0 Å². The second-order valence-electron chi connectivity index (χ2n) is 1.34. The molecule has 0 N–H and O–H groups in total.